The molecular weight excluding hydrogens is 575 g/mol. The summed E-state index contributed by atoms with van der Waals surface area (Å²) >= 11 is 2.90. The van der Waals surface area contributed by atoms with Gasteiger partial charge in [-0.05, 0) is 68.6 Å². The van der Waals surface area contributed by atoms with E-state index in [0.717, 1.165) is 54.1 Å². The van der Waals surface area contributed by atoms with Crippen molar-refractivity contribution in [2.45, 2.75) is 36.4 Å². The first-order valence-electron chi connectivity index (χ1n) is 13.9. The minimum atomic E-state index is -3.74. The number of hydrogen-bond acceptors (Lipinski definition) is 8. The van der Waals surface area contributed by atoms with Gasteiger partial charge in [0.25, 0.3) is 10.0 Å². The molecule has 0 aliphatic carbocycles. The smallest absolute Gasteiger partial charge is 0.273 e. The van der Waals surface area contributed by atoms with Crippen LogP contribution in [0.15, 0.2) is 76.6 Å². The van der Waals surface area contributed by atoms with Gasteiger partial charge in [-0.1, -0.05) is 24.3 Å². The maximum Gasteiger partial charge on any atom is 0.273 e. The van der Waals surface area contributed by atoms with Crippen molar-refractivity contribution >= 4 is 49.3 Å². The van der Waals surface area contributed by atoms with E-state index in [2.05, 4.69) is 33.1 Å². The Morgan fingerprint density at radius 1 is 1.10 bits per heavy atom. The number of ether oxygens (including phenoxy) is 1. The molecule has 1 aromatic carbocycles. The van der Waals surface area contributed by atoms with Gasteiger partial charge in [0.1, 0.15) is 9.22 Å². The lowest BCUT2D eigenvalue weighted by molar-refractivity contribution is 0.156. The number of aromatic nitrogens is 3. The van der Waals surface area contributed by atoms with Gasteiger partial charge in [0.15, 0.2) is 0 Å². The van der Waals surface area contributed by atoms with Crippen LogP contribution in [-0.4, -0.2) is 61.1 Å². The molecule has 1 saturated heterocycles. The van der Waals surface area contributed by atoms with Crippen molar-refractivity contribution in [2.24, 2.45) is 0 Å². The average Bonchev–Trinajstić information content (AvgIpc) is 3.77. The number of para-hydroxylation sites is 1. The van der Waals surface area contributed by atoms with Gasteiger partial charge >= 0.3 is 0 Å². The fourth-order valence-corrected chi connectivity index (χ4v) is 8.87. The van der Waals surface area contributed by atoms with E-state index in [-0.39, 0.29) is 6.54 Å². The number of nitrogens with zero attached hydrogens (tertiary/aromatic N) is 4. The molecule has 0 radical (unpaired) electrons. The Morgan fingerprint density at radius 3 is 2.73 bits per heavy atom. The number of H-pyrrole nitrogens is 1. The summed E-state index contributed by atoms with van der Waals surface area (Å²) in [5.41, 5.74) is 3.46. The number of thiophene rings is 1. The molecule has 8 nitrogen and oxygen atoms in total. The molecule has 5 heterocycles. The summed E-state index contributed by atoms with van der Waals surface area (Å²) in [6.45, 7) is 5.92. The van der Waals surface area contributed by atoms with E-state index in [1.807, 2.05) is 43.6 Å². The van der Waals surface area contributed by atoms with Gasteiger partial charge in [-0.25, -0.2) is 13.4 Å². The predicted molar refractivity (Wildman–Crippen MR) is 166 cm³/mol. The normalized spacial score (nSPS) is 15.0. The lowest BCUT2D eigenvalue weighted by atomic mass is 9.93. The molecule has 0 saturated carbocycles. The van der Waals surface area contributed by atoms with Crippen LogP contribution in [-0.2, 0) is 21.3 Å². The Kier molecular flexibility index (Phi) is 8.50. The highest BCUT2D eigenvalue weighted by Gasteiger charge is 2.28. The Bertz CT molecular complexity index is 1670. The van der Waals surface area contributed by atoms with E-state index in [1.165, 1.54) is 26.2 Å². The van der Waals surface area contributed by atoms with Crippen LogP contribution in [0.1, 0.15) is 36.3 Å². The topological polar surface area (TPSA) is 91.4 Å². The second-order valence-corrected chi connectivity index (χ2v) is 14.2. The van der Waals surface area contributed by atoms with Crippen LogP contribution < -0.4 is 4.31 Å². The molecule has 214 valence electrons. The number of nitrogens with one attached hydrogen (secondary N) is 1. The molecule has 0 bridgehead atoms. The molecule has 0 amide bonds. The summed E-state index contributed by atoms with van der Waals surface area (Å²) in [6, 6.07) is 17.4. The number of aromatic amines is 1. The molecule has 41 heavy (non-hydrogen) atoms. The lowest BCUT2D eigenvalue weighted by Gasteiger charge is -2.31. The zero-order valence-corrected chi connectivity index (χ0v) is 25.4. The molecule has 11 heteroatoms. The summed E-state index contributed by atoms with van der Waals surface area (Å²) in [6.07, 6.45) is 6.07. The summed E-state index contributed by atoms with van der Waals surface area (Å²) < 4.78 is 34.6. The minimum absolute atomic E-state index is 0.222. The average molecular weight is 608 g/mol. The Balaban J connectivity index is 1.21. The van der Waals surface area contributed by atoms with Crippen molar-refractivity contribution in [1.82, 2.24) is 19.9 Å². The summed E-state index contributed by atoms with van der Waals surface area (Å²) in [4.78, 5) is 16.5. The number of sulfonamides is 1. The number of likely N-dealkylation sites (tertiary alicyclic amines) is 1. The molecule has 6 rings (SSSR count). The Labute approximate surface area is 248 Å². The van der Waals surface area contributed by atoms with Crippen molar-refractivity contribution in [3.05, 3.63) is 82.9 Å². The minimum Gasteiger partial charge on any atom is -0.380 e. The second kappa shape index (κ2) is 12.4. The number of hydrogen-bond donors (Lipinski definition) is 1. The Hall–Kier alpha value is -3.09. The molecule has 0 unspecified atom stereocenters. The maximum atomic E-state index is 13.7. The van der Waals surface area contributed by atoms with Crippen LogP contribution in [0.25, 0.3) is 21.6 Å². The molecule has 0 spiro atoms. The first-order valence-corrected chi connectivity index (χ1v) is 17.0. The molecule has 1 fully saturated rings. The predicted octanol–water partition coefficient (Wildman–Crippen LogP) is 6.36. The van der Waals surface area contributed by atoms with Crippen molar-refractivity contribution in [3.63, 3.8) is 0 Å². The van der Waals surface area contributed by atoms with Crippen molar-refractivity contribution in [3.8, 4) is 10.7 Å². The third-order valence-corrected chi connectivity index (χ3v) is 11.6. The lowest BCUT2D eigenvalue weighted by Crippen LogP contribution is -2.34. The van der Waals surface area contributed by atoms with Gasteiger partial charge in [0, 0.05) is 47.4 Å². The van der Waals surface area contributed by atoms with Gasteiger partial charge in [-0.3, -0.25) is 14.2 Å². The van der Waals surface area contributed by atoms with Crippen LogP contribution in [0.3, 0.4) is 0 Å². The highest BCUT2D eigenvalue weighted by Crippen LogP contribution is 2.36. The largest absolute Gasteiger partial charge is 0.380 e. The number of rotatable bonds is 11. The fourth-order valence-electron chi connectivity index (χ4n) is 5.37. The SMILES string of the molecule is CCOCCN(c1cccc2cc(-c3ncc(CN4CCC(c5ccccn5)CC4)s3)[nH]c12)S(=O)(=O)c1cccs1. The van der Waals surface area contributed by atoms with Crippen LogP contribution in [0.4, 0.5) is 5.69 Å². The van der Waals surface area contributed by atoms with Gasteiger partial charge in [0.05, 0.1) is 30.0 Å². The summed E-state index contributed by atoms with van der Waals surface area (Å²) in [5, 5.41) is 3.62. The van der Waals surface area contributed by atoms with Crippen LogP contribution in [0.2, 0.25) is 0 Å². The quantitative estimate of drug-likeness (QED) is 0.176. The standard InChI is InChI=1S/C30H33N5O3S3/c1-2-38-17-16-35(41(36,37)28-10-6-18-39-28)27-9-5-7-23-19-26(33-29(23)27)30-32-20-24(40-30)21-34-14-11-22(12-15-34)25-8-3-4-13-31-25/h3-10,13,18-20,22,33H,2,11-12,14-17,21H2,1H3. The molecule has 4 aromatic heterocycles. The summed E-state index contributed by atoms with van der Waals surface area (Å²) in [5.74, 6) is 0.529. The third kappa shape index (κ3) is 6.09. The van der Waals surface area contributed by atoms with Gasteiger partial charge in [-0.15, -0.1) is 22.7 Å². The fraction of sp³-hybridized carbons (Fsp3) is 0.333. The number of piperidine rings is 1. The molecule has 5 aromatic rings. The van der Waals surface area contributed by atoms with E-state index in [9.17, 15) is 8.42 Å². The van der Waals surface area contributed by atoms with Crippen LogP contribution in [0.5, 0.6) is 0 Å². The molecule has 1 N–H and O–H groups in total. The van der Waals surface area contributed by atoms with Gasteiger partial charge in [-0.2, -0.15) is 0 Å². The maximum absolute atomic E-state index is 13.7. The highest BCUT2D eigenvalue weighted by atomic mass is 32.2. The number of thiazole rings is 1. The zero-order chi connectivity index (χ0) is 28.2. The third-order valence-electron chi connectivity index (χ3n) is 7.44. The van der Waals surface area contributed by atoms with Crippen LogP contribution >= 0.6 is 22.7 Å². The number of benzene rings is 1. The van der Waals surface area contributed by atoms with E-state index < -0.39 is 10.0 Å². The van der Waals surface area contributed by atoms with Crippen molar-refractivity contribution < 1.29 is 13.2 Å². The van der Waals surface area contributed by atoms with E-state index in [0.29, 0.717) is 29.0 Å². The van der Waals surface area contributed by atoms with E-state index in [1.54, 1.807) is 28.8 Å². The second-order valence-electron chi connectivity index (χ2n) is 10.1. The number of anilines is 1. The Morgan fingerprint density at radius 2 is 1.98 bits per heavy atom. The molecule has 1 aliphatic heterocycles. The number of pyridine rings is 1. The first kappa shape index (κ1) is 28.0. The van der Waals surface area contributed by atoms with E-state index in [4.69, 9.17) is 9.72 Å². The highest BCUT2D eigenvalue weighted by molar-refractivity contribution is 7.94. The molecule has 1 aliphatic rings. The van der Waals surface area contributed by atoms with Gasteiger partial charge in [0.2, 0.25) is 0 Å². The van der Waals surface area contributed by atoms with E-state index >= 15 is 0 Å². The number of fused-ring (bicyclic) bond motifs is 1. The molecule has 0 atom stereocenters. The first-order chi connectivity index (χ1) is 20.0. The summed E-state index contributed by atoms with van der Waals surface area (Å²) in [7, 11) is -3.74. The van der Waals surface area contributed by atoms with Crippen molar-refractivity contribution in [2.75, 3.05) is 37.2 Å². The van der Waals surface area contributed by atoms with Crippen molar-refractivity contribution in [1.29, 1.82) is 0 Å². The zero-order valence-electron chi connectivity index (χ0n) is 22.9. The molecular formula is C30H33N5O3S3. The van der Waals surface area contributed by atoms with Crippen LogP contribution in [0, 0.1) is 0 Å². The van der Waals surface area contributed by atoms with Gasteiger partial charge < -0.3 is 9.72 Å². The monoisotopic (exact) mass is 607 g/mol.